The molecule has 136 valence electrons. The van der Waals surface area contributed by atoms with E-state index < -0.39 is 4.92 Å². The lowest BCUT2D eigenvalue weighted by molar-refractivity contribution is -0.384. The van der Waals surface area contributed by atoms with Crippen LogP contribution >= 0.6 is 11.8 Å². The maximum atomic E-state index is 12.6. The first kappa shape index (κ1) is 18.1. The van der Waals surface area contributed by atoms with E-state index in [1.54, 1.807) is 17.9 Å². The Morgan fingerprint density at radius 3 is 2.88 bits per heavy atom. The molecule has 1 amide bonds. The molecular formula is C17H18N4O4S. The van der Waals surface area contributed by atoms with E-state index >= 15 is 0 Å². The molecule has 3 rings (SSSR count). The topological polar surface area (TPSA) is 109 Å². The number of aryl methyl sites for hydroxylation is 1. The Morgan fingerprint density at radius 2 is 2.23 bits per heavy atom. The number of nitro benzene ring substituents is 1. The van der Waals surface area contributed by atoms with E-state index in [-0.39, 0.29) is 30.0 Å². The highest BCUT2D eigenvalue weighted by atomic mass is 32.2. The third-order valence-electron chi connectivity index (χ3n) is 4.46. The molecule has 2 aromatic rings. The molecule has 0 radical (unpaired) electrons. The molecule has 0 saturated heterocycles. The van der Waals surface area contributed by atoms with Crippen molar-refractivity contribution >= 4 is 29.0 Å². The molecule has 0 fully saturated rings. The van der Waals surface area contributed by atoms with Crippen LogP contribution in [0.3, 0.4) is 0 Å². The normalized spacial score (nSPS) is 12.9. The highest BCUT2D eigenvalue weighted by molar-refractivity contribution is 7.98. The molecule has 1 aliphatic rings. The number of nitrogens with one attached hydrogen (secondary N) is 1. The number of carbonyl (C=O) groups excluding carboxylic acids is 1. The van der Waals surface area contributed by atoms with Crippen molar-refractivity contribution < 1.29 is 9.72 Å². The van der Waals surface area contributed by atoms with E-state index in [2.05, 4.69) is 9.97 Å². The van der Waals surface area contributed by atoms with Crippen LogP contribution in [0.1, 0.15) is 23.2 Å². The van der Waals surface area contributed by atoms with Crippen LogP contribution < -0.4 is 10.5 Å². The number of hydrogen-bond acceptors (Lipinski definition) is 6. The van der Waals surface area contributed by atoms with Crippen LogP contribution in [-0.2, 0) is 17.6 Å². The molecule has 0 unspecified atom stereocenters. The second-order valence-electron chi connectivity index (χ2n) is 6.00. The maximum absolute atomic E-state index is 12.6. The smallest absolute Gasteiger partial charge is 0.271 e. The first-order valence-electron chi connectivity index (χ1n) is 8.12. The number of rotatable bonds is 5. The van der Waals surface area contributed by atoms with E-state index in [4.69, 9.17) is 0 Å². The molecule has 0 spiro atoms. The molecule has 0 saturated carbocycles. The lowest BCUT2D eigenvalue weighted by Crippen LogP contribution is -2.30. The molecular weight excluding hydrogens is 356 g/mol. The van der Waals surface area contributed by atoms with Gasteiger partial charge in [0.25, 0.3) is 11.2 Å². The molecule has 8 nitrogen and oxygen atoms in total. The molecule has 26 heavy (non-hydrogen) atoms. The third kappa shape index (κ3) is 3.48. The van der Waals surface area contributed by atoms with Gasteiger partial charge in [-0.15, -0.1) is 0 Å². The number of aromatic amines is 1. The van der Waals surface area contributed by atoms with Gasteiger partial charge in [-0.1, -0.05) is 17.8 Å². The predicted molar refractivity (Wildman–Crippen MR) is 98.9 cm³/mol. The van der Waals surface area contributed by atoms with Crippen molar-refractivity contribution in [3.63, 3.8) is 0 Å². The fraction of sp³-hybridized carbons (Fsp3) is 0.353. The summed E-state index contributed by atoms with van der Waals surface area (Å²) in [6.07, 6.45) is 2.92. The molecule has 0 bridgehead atoms. The van der Waals surface area contributed by atoms with Crippen LogP contribution in [0.25, 0.3) is 0 Å². The van der Waals surface area contributed by atoms with Gasteiger partial charge in [-0.2, -0.15) is 0 Å². The molecule has 1 aromatic heterocycles. The van der Waals surface area contributed by atoms with Gasteiger partial charge in [0.1, 0.15) is 0 Å². The van der Waals surface area contributed by atoms with E-state index in [1.165, 1.54) is 23.9 Å². The monoisotopic (exact) mass is 374 g/mol. The van der Waals surface area contributed by atoms with Gasteiger partial charge in [-0.3, -0.25) is 19.7 Å². The van der Waals surface area contributed by atoms with Crippen LogP contribution in [-0.4, -0.2) is 33.6 Å². The minimum Gasteiger partial charge on any atom is -0.312 e. The summed E-state index contributed by atoms with van der Waals surface area (Å²) >= 11 is 1.35. The second kappa shape index (κ2) is 7.28. The number of carbonyl (C=O) groups is 1. The number of nitrogens with zero attached hydrogens (tertiary/aromatic N) is 3. The molecule has 9 heteroatoms. The lowest BCUT2D eigenvalue weighted by atomic mass is 10.1. The maximum Gasteiger partial charge on any atom is 0.271 e. The van der Waals surface area contributed by atoms with Crippen molar-refractivity contribution in [1.82, 2.24) is 9.97 Å². The zero-order chi connectivity index (χ0) is 18.8. The standard InChI is InChI=1S/C17H18N4O4S/c1-10-13(16(23)19-17(18-10)26-2)5-6-15(22)20-8-7-11-3-4-12(21(24)25)9-14(11)20/h3-4,9H,5-8H2,1-2H3,(H,18,19,23). The van der Waals surface area contributed by atoms with Crippen LogP contribution in [0.15, 0.2) is 28.2 Å². The predicted octanol–water partition coefficient (Wildman–Crippen LogP) is 2.23. The number of non-ortho nitro benzene ring substituents is 1. The van der Waals surface area contributed by atoms with E-state index in [0.717, 1.165) is 5.56 Å². The van der Waals surface area contributed by atoms with Gasteiger partial charge in [0.2, 0.25) is 5.91 Å². The van der Waals surface area contributed by atoms with Gasteiger partial charge in [0.05, 0.1) is 10.6 Å². The van der Waals surface area contributed by atoms with Gasteiger partial charge in [-0.05, 0) is 31.6 Å². The number of benzene rings is 1. The summed E-state index contributed by atoms with van der Waals surface area (Å²) in [5.74, 6) is -0.156. The minimum atomic E-state index is -0.469. The fourth-order valence-corrected chi connectivity index (χ4v) is 3.51. The first-order chi connectivity index (χ1) is 12.4. The van der Waals surface area contributed by atoms with Crippen molar-refractivity contribution in [1.29, 1.82) is 0 Å². The van der Waals surface area contributed by atoms with E-state index in [9.17, 15) is 19.7 Å². The first-order valence-corrected chi connectivity index (χ1v) is 9.34. The van der Waals surface area contributed by atoms with Crippen molar-refractivity contribution in [2.45, 2.75) is 31.3 Å². The second-order valence-corrected chi connectivity index (χ2v) is 6.80. The Hall–Kier alpha value is -2.68. The Labute approximate surface area is 153 Å². The summed E-state index contributed by atoms with van der Waals surface area (Å²) in [6.45, 7) is 2.25. The zero-order valence-electron chi connectivity index (χ0n) is 14.4. The quantitative estimate of drug-likeness (QED) is 0.372. The fourth-order valence-electron chi connectivity index (χ4n) is 3.08. The van der Waals surface area contributed by atoms with E-state index in [0.29, 0.717) is 35.1 Å². The van der Waals surface area contributed by atoms with Crippen LogP contribution in [0.5, 0.6) is 0 Å². The number of nitro groups is 1. The Kier molecular flexibility index (Phi) is 5.08. The summed E-state index contributed by atoms with van der Waals surface area (Å²) in [6, 6.07) is 4.59. The highest BCUT2D eigenvalue weighted by Crippen LogP contribution is 2.32. The summed E-state index contributed by atoms with van der Waals surface area (Å²) in [5.41, 5.74) is 2.35. The van der Waals surface area contributed by atoms with Gasteiger partial charge in [0, 0.05) is 36.4 Å². The number of hydrogen-bond donors (Lipinski definition) is 1. The van der Waals surface area contributed by atoms with Gasteiger partial charge >= 0.3 is 0 Å². The summed E-state index contributed by atoms with van der Waals surface area (Å²) in [7, 11) is 0. The van der Waals surface area contributed by atoms with Crippen molar-refractivity contribution in [2.75, 3.05) is 17.7 Å². The SMILES string of the molecule is CSc1nc(C)c(CCC(=O)N2CCc3ccc([N+](=O)[O-])cc32)c(=O)[nH]1. The summed E-state index contributed by atoms with van der Waals surface area (Å²) < 4.78 is 0. The average Bonchev–Trinajstić information content (AvgIpc) is 3.03. The van der Waals surface area contributed by atoms with Crippen LogP contribution in [0, 0.1) is 17.0 Å². The molecule has 1 aliphatic heterocycles. The number of aromatic nitrogens is 2. The van der Waals surface area contributed by atoms with Crippen molar-refractivity contribution in [3.8, 4) is 0 Å². The number of fused-ring (bicyclic) bond motifs is 1. The number of H-pyrrole nitrogens is 1. The highest BCUT2D eigenvalue weighted by Gasteiger charge is 2.26. The van der Waals surface area contributed by atoms with Gasteiger partial charge < -0.3 is 9.88 Å². The van der Waals surface area contributed by atoms with Gasteiger partial charge in [0.15, 0.2) is 5.16 Å². The van der Waals surface area contributed by atoms with Crippen molar-refractivity contribution in [2.24, 2.45) is 0 Å². The van der Waals surface area contributed by atoms with E-state index in [1.807, 2.05) is 6.26 Å². The zero-order valence-corrected chi connectivity index (χ0v) is 15.3. The third-order valence-corrected chi connectivity index (χ3v) is 5.04. The molecule has 0 atom stereocenters. The lowest BCUT2D eigenvalue weighted by Gasteiger charge is -2.17. The van der Waals surface area contributed by atoms with Gasteiger partial charge in [-0.25, -0.2) is 4.98 Å². The largest absolute Gasteiger partial charge is 0.312 e. The Bertz CT molecular complexity index is 941. The van der Waals surface area contributed by atoms with Crippen LogP contribution in [0.2, 0.25) is 0 Å². The molecule has 2 heterocycles. The number of anilines is 1. The minimum absolute atomic E-state index is 0.0346. The molecule has 1 aromatic carbocycles. The number of thioether (sulfide) groups is 1. The van der Waals surface area contributed by atoms with Crippen LogP contribution in [0.4, 0.5) is 11.4 Å². The van der Waals surface area contributed by atoms with Crippen molar-refractivity contribution in [3.05, 3.63) is 55.5 Å². The Balaban J connectivity index is 1.76. The average molecular weight is 374 g/mol. The number of amides is 1. The molecule has 1 N–H and O–H groups in total. The molecule has 0 aliphatic carbocycles. The Morgan fingerprint density at radius 1 is 1.46 bits per heavy atom. The summed E-state index contributed by atoms with van der Waals surface area (Å²) in [5, 5.41) is 11.5. The summed E-state index contributed by atoms with van der Waals surface area (Å²) in [4.78, 5) is 43.9.